The van der Waals surface area contributed by atoms with Crippen molar-refractivity contribution < 1.29 is 0 Å². The van der Waals surface area contributed by atoms with Crippen LogP contribution in [0.3, 0.4) is 0 Å². The molecule has 9 rings (SSSR count). The summed E-state index contributed by atoms with van der Waals surface area (Å²) in [7, 11) is 0. The summed E-state index contributed by atoms with van der Waals surface area (Å²) in [6, 6.07) is 69.9. The molecule has 0 saturated heterocycles. The molecule has 0 atom stereocenters. The van der Waals surface area contributed by atoms with Crippen LogP contribution in [0.5, 0.6) is 0 Å². The Hall–Kier alpha value is -8.14. The van der Waals surface area contributed by atoms with Crippen molar-refractivity contribution in [1.82, 2.24) is 4.57 Å². The highest BCUT2D eigenvalue weighted by molar-refractivity contribution is 6.12. The smallest absolute Gasteiger partial charge is 0.0541 e. The van der Waals surface area contributed by atoms with Crippen LogP contribution in [0.4, 0.5) is 22.7 Å². The highest BCUT2D eigenvalue weighted by atomic mass is 15.1. The molecule has 300 valence electrons. The van der Waals surface area contributed by atoms with Crippen molar-refractivity contribution in [1.29, 1.82) is 0 Å². The van der Waals surface area contributed by atoms with Gasteiger partial charge in [-0.05, 0) is 120 Å². The number of aromatic nitrogens is 1. The molecule has 1 heterocycles. The Bertz CT molecular complexity index is 2980. The van der Waals surface area contributed by atoms with Crippen LogP contribution in [0.2, 0.25) is 0 Å². The minimum absolute atomic E-state index is 1.07. The average molecular weight is 800 g/mol. The van der Waals surface area contributed by atoms with Gasteiger partial charge in [-0.2, -0.15) is 0 Å². The summed E-state index contributed by atoms with van der Waals surface area (Å²) in [5.41, 5.74) is 12.4. The van der Waals surface area contributed by atoms with Gasteiger partial charge in [0.15, 0.2) is 0 Å². The van der Waals surface area contributed by atoms with E-state index in [0.29, 0.717) is 0 Å². The first-order valence-corrected chi connectivity index (χ1v) is 20.9. The number of para-hydroxylation sites is 4. The summed E-state index contributed by atoms with van der Waals surface area (Å²) >= 11 is 0. The third-order valence-corrected chi connectivity index (χ3v) is 10.7. The molecule has 62 heavy (non-hydrogen) atoms. The van der Waals surface area contributed by atoms with E-state index >= 15 is 0 Å². The van der Waals surface area contributed by atoms with Crippen molar-refractivity contribution in [3.8, 4) is 5.69 Å². The van der Waals surface area contributed by atoms with Gasteiger partial charge in [-0.3, -0.25) is 0 Å². The van der Waals surface area contributed by atoms with Crippen LogP contribution >= 0.6 is 0 Å². The average Bonchev–Trinajstić information content (AvgIpc) is 3.65. The molecule has 0 spiro atoms. The van der Waals surface area contributed by atoms with E-state index in [2.05, 4.69) is 192 Å². The fraction of sp³-hybridized carbons (Fsp3) is 0.0169. The molecule has 3 nitrogen and oxygen atoms in total. The fourth-order valence-electron chi connectivity index (χ4n) is 7.84. The maximum absolute atomic E-state index is 4.07. The molecular formula is C59H49N3. The Morgan fingerprint density at radius 3 is 1.47 bits per heavy atom. The summed E-state index contributed by atoms with van der Waals surface area (Å²) in [5, 5.41) is 8.12. The van der Waals surface area contributed by atoms with Gasteiger partial charge in [-0.25, -0.2) is 0 Å². The zero-order valence-electron chi connectivity index (χ0n) is 35.0. The van der Waals surface area contributed by atoms with Crippen LogP contribution in [0.1, 0.15) is 18.1 Å². The van der Waals surface area contributed by atoms with Gasteiger partial charge in [0.1, 0.15) is 0 Å². The Labute approximate surface area is 365 Å². The van der Waals surface area contributed by atoms with Crippen LogP contribution in [0, 0.1) is 0 Å². The van der Waals surface area contributed by atoms with E-state index in [4.69, 9.17) is 0 Å². The summed E-state index contributed by atoms with van der Waals surface area (Å²) in [6.45, 7) is 10.1. The number of hydrogen-bond donors (Lipinski definition) is 1. The van der Waals surface area contributed by atoms with E-state index < -0.39 is 0 Å². The quantitative estimate of drug-likeness (QED) is 0.124. The van der Waals surface area contributed by atoms with Gasteiger partial charge in [0.05, 0.1) is 16.7 Å². The molecule has 9 aromatic rings. The monoisotopic (exact) mass is 799 g/mol. The molecule has 0 fully saturated rings. The predicted octanol–water partition coefficient (Wildman–Crippen LogP) is 16.4. The minimum atomic E-state index is 1.07. The normalized spacial score (nSPS) is 11.8. The first-order valence-electron chi connectivity index (χ1n) is 20.9. The number of nitrogens with one attached hydrogen (secondary N) is 1. The lowest BCUT2D eigenvalue weighted by atomic mass is 9.99. The molecule has 0 aliphatic carbocycles. The Kier molecular flexibility index (Phi) is 12.9. The van der Waals surface area contributed by atoms with Crippen molar-refractivity contribution in [2.45, 2.75) is 6.92 Å². The van der Waals surface area contributed by atoms with E-state index in [-0.39, 0.29) is 0 Å². The highest BCUT2D eigenvalue weighted by Gasteiger charge is 2.17. The summed E-state index contributed by atoms with van der Waals surface area (Å²) < 4.78 is 2.41. The minimum Gasteiger partial charge on any atom is -0.356 e. The fourth-order valence-corrected chi connectivity index (χ4v) is 7.84. The zero-order chi connectivity index (χ0) is 42.5. The number of anilines is 4. The second-order valence-electron chi connectivity index (χ2n) is 14.7. The summed E-state index contributed by atoms with van der Waals surface area (Å²) in [5.74, 6) is 0. The van der Waals surface area contributed by atoms with Crippen LogP contribution in [0.25, 0.3) is 49.4 Å². The van der Waals surface area contributed by atoms with Crippen LogP contribution in [-0.4, -0.2) is 4.57 Å². The SMILES string of the molecule is C=C/C=C(\C=C/C)c1ccc2c(c1)c1cc(C(/C=C\N(c3ccccc3)c3ccccc3)=C/C=C)ccc1n2-c1cccc2ccccc12.c1ccc(Nc2ccccc2)cc1. The summed E-state index contributed by atoms with van der Waals surface area (Å²) in [4.78, 5) is 2.21. The largest absolute Gasteiger partial charge is 0.356 e. The standard InChI is InChI=1S/C47H38N2.C12H11N/c1-4-16-35(17-5-2)38-27-29-46-43(33-38)44-34-39(28-30-47(44)49(46)45-26-15-20-37-19-13-14-25-42(37)45)36(18-6-3)31-32-48(40-21-9-7-10-22-40)41-23-11-8-12-24-41;1-3-7-11(8-4-1)13-12-9-5-2-6-10-12/h4-34H,1,3H2,2H3;1-10,13H/b17-5-,32-31-,35-16+,36-18+;. The van der Waals surface area contributed by atoms with Crippen LogP contribution < -0.4 is 10.2 Å². The van der Waals surface area contributed by atoms with E-state index in [1.807, 2.05) is 91.9 Å². The van der Waals surface area contributed by atoms with Crippen molar-refractivity contribution in [2.75, 3.05) is 10.2 Å². The maximum atomic E-state index is 4.07. The van der Waals surface area contributed by atoms with Gasteiger partial charge in [-0.1, -0.05) is 171 Å². The number of benzene rings is 8. The molecular weight excluding hydrogens is 751 g/mol. The van der Waals surface area contributed by atoms with E-state index in [0.717, 1.165) is 61.7 Å². The van der Waals surface area contributed by atoms with Gasteiger partial charge >= 0.3 is 0 Å². The number of rotatable bonds is 12. The van der Waals surface area contributed by atoms with Gasteiger partial charge in [0, 0.05) is 45.1 Å². The zero-order valence-corrected chi connectivity index (χ0v) is 35.0. The van der Waals surface area contributed by atoms with Gasteiger partial charge < -0.3 is 14.8 Å². The van der Waals surface area contributed by atoms with E-state index in [9.17, 15) is 0 Å². The maximum Gasteiger partial charge on any atom is 0.0541 e. The molecule has 0 amide bonds. The molecule has 0 radical (unpaired) electrons. The topological polar surface area (TPSA) is 20.2 Å². The van der Waals surface area contributed by atoms with E-state index in [1.165, 1.54) is 21.5 Å². The Balaban J connectivity index is 0.000000346. The number of hydrogen-bond acceptors (Lipinski definition) is 2. The molecule has 1 N–H and O–H groups in total. The van der Waals surface area contributed by atoms with Gasteiger partial charge in [-0.15, -0.1) is 0 Å². The third kappa shape index (κ3) is 9.18. The lowest BCUT2D eigenvalue weighted by Gasteiger charge is -2.21. The molecule has 0 aliphatic rings. The summed E-state index contributed by atoms with van der Waals surface area (Å²) in [6.07, 6.45) is 16.4. The molecule has 0 saturated carbocycles. The molecule has 0 aliphatic heterocycles. The number of fused-ring (bicyclic) bond motifs is 4. The second kappa shape index (κ2) is 19.7. The molecule has 1 aromatic heterocycles. The van der Waals surface area contributed by atoms with Gasteiger partial charge in [0.25, 0.3) is 0 Å². The second-order valence-corrected chi connectivity index (χ2v) is 14.7. The van der Waals surface area contributed by atoms with E-state index in [1.54, 1.807) is 0 Å². The third-order valence-electron chi connectivity index (χ3n) is 10.7. The Morgan fingerprint density at radius 2 is 0.952 bits per heavy atom. The van der Waals surface area contributed by atoms with Crippen molar-refractivity contribution in [3.05, 3.63) is 273 Å². The van der Waals surface area contributed by atoms with Gasteiger partial charge in [0.2, 0.25) is 0 Å². The molecule has 3 heteroatoms. The molecule has 8 aromatic carbocycles. The predicted molar refractivity (Wildman–Crippen MR) is 270 cm³/mol. The molecule has 0 unspecified atom stereocenters. The van der Waals surface area contributed by atoms with Crippen LogP contribution in [-0.2, 0) is 0 Å². The van der Waals surface area contributed by atoms with Crippen LogP contribution in [0.15, 0.2) is 262 Å². The van der Waals surface area contributed by atoms with Crippen molar-refractivity contribution in [3.63, 3.8) is 0 Å². The van der Waals surface area contributed by atoms with Crippen molar-refractivity contribution in [2.24, 2.45) is 0 Å². The first kappa shape index (κ1) is 40.6. The lowest BCUT2D eigenvalue weighted by molar-refractivity contribution is 1.20. The number of nitrogens with zero attached hydrogens (tertiary/aromatic N) is 2. The Morgan fingerprint density at radius 1 is 0.484 bits per heavy atom. The molecule has 0 bridgehead atoms. The highest BCUT2D eigenvalue weighted by Crippen LogP contribution is 2.38. The lowest BCUT2D eigenvalue weighted by Crippen LogP contribution is -2.08. The number of allylic oxidation sites excluding steroid dienone is 9. The van der Waals surface area contributed by atoms with Crippen molar-refractivity contribution >= 4 is 66.5 Å². The first-order chi connectivity index (χ1) is 30.6.